The van der Waals surface area contributed by atoms with Crippen LogP contribution in [0.4, 0.5) is 0 Å². The number of carbonyl (C=O) groups excluding carboxylic acids is 1. The van der Waals surface area contributed by atoms with Gasteiger partial charge in [-0.15, -0.1) is 0 Å². The second kappa shape index (κ2) is 4.48. The van der Waals surface area contributed by atoms with Crippen molar-refractivity contribution in [2.45, 2.75) is 53.6 Å². The van der Waals surface area contributed by atoms with Crippen LogP contribution in [0.15, 0.2) is 0 Å². The van der Waals surface area contributed by atoms with Crippen LogP contribution in [0.3, 0.4) is 0 Å². The lowest BCUT2D eigenvalue weighted by molar-refractivity contribution is -0.147. The molecule has 0 saturated heterocycles. The molecule has 0 aromatic carbocycles. The van der Waals surface area contributed by atoms with Crippen LogP contribution < -0.4 is 0 Å². The summed E-state index contributed by atoms with van der Waals surface area (Å²) in [6.07, 6.45) is 1.43. The van der Waals surface area contributed by atoms with Crippen LogP contribution in [0.1, 0.15) is 47.5 Å². The van der Waals surface area contributed by atoms with Gasteiger partial charge in [0, 0.05) is 6.42 Å². The molecule has 2 nitrogen and oxygen atoms in total. The van der Waals surface area contributed by atoms with Gasteiger partial charge in [-0.25, -0.2) is 0 Å². The van der Waals surface area contributed by atoms with Crippen molar-refractivity contribution in [3.63, 3.8) is 0 Å². The molecule has 0 N–H and O–H groups in total. The van der Waals surface area contributed by atoms with E-state index < -0.39 is 0 Å². The van der Waals surface area contributed by atoms with E-state index >= 15 is 0 Å². The van der Waals surface area contributed by atoms with Crippen LogP contribution in [-0.4, -0.2) is 12.1 Å². The standard InChI is InChI=1S/C10H20O2/c1-8(2)12-9(11)6-7-10(3,4)5/h8H,6-7H2,1-5H3. The van der Waals surface area contributed by atoms with Crippen LogP contribution in [-0.2, 0) is 9.53 Å². The van der Waals surface area contributed by atoms with E-state index in [1.165, 1.54) is 0 Å². The molecule has 0 spiro atoms. The molecular formula is C10H20O2. The summed E-state index contributed by atoms with van der Waals surface area (Å²) in [4.78, 5) is 11.1. The maximum Gasteiger partial charge on any atom is 0.306 e. The third kappa shape index (κ3) is 7.58. The molecule has 72 valence electrons. The maximum absolute atomic E-state index is 11.1. The fourth-order valence-corrected chi connectivity index (χ4v) is 0.799. The molecule has 0 aliphatic carbocycles. The largest absolute Gasteiger partial charge is 0.463 e. The zero-order chi connectivity index (χ0) is 9.78. The van der Waals surface area contributed by atoms with E-state index in [0.29, 0.717) is 6.42 Å². The van der Waals surface area contributed by atoms with E-state index in [9.17, 15) is 4.79 Å². The van der Waals surface area contributed by atoms with Crippen LogP contribution in [0, 0.1) is 5.41 Å². The number of carbonyl (C=O) groups is 1. The van der Waals surface area contributed by atoms with Crippen LogP contribution in [0.25, 0.3) is 0 Å². The fourth-order valence-electron chi connectivity index (χ4n) is 0.799. The first kappa shape index (κ1) is 11.5. The summed E-state index contributed by atoms with van der Waals surface area (Å²) in [5, 5.41) is 0. The van der Waals surface area contributed by atoms with Crippen molar-refractivity contribution >= 4 is 5.97 Å². The molecule has 0 rings (SSSR count). The topological polar surface area (TPSA) is 26.3 Å². The lowest BCUT2D eigenvalue weighted by Crippen LogP contribution is -2.14. The summed E-state index contributed by atoms with van der Waals surface area (Å²) in [6, 6.07) is 0. The van der Waals surface area contributed by atoms with E-state index in [-0.39, 0.29) is 17.5 Å². The van der Waals surface area contributed by atoms with Gasteiger partial charge in [0.05, 0.1) is 6.10 Å². The Balaban J connectivity index is 3.58. The molecule has 0 aromatic heterocycles. The lowest BCUT2D eigenvalue weighted by Gasteiger charge is -2.17. The fraction of sp³-hybridized carbons (Fsp3) is 0.900. The Hall–Kier alpha value is -0.530. The first-order chi connectivity index (χ1) is 5.31. The Morgan fingerprint density at radius 1 is 1.33 bits per heavy atom. The Labute approximate surface area is 75.3 Å². The molecule has 0 aliphatic heterocycles. The summed E-state index contributed by atoms with van der Waals surface area (Å²) < 4.78 is 5.01. The van der Waals surface area contributed by atoms with E-state index in [4.69, 9.17) is 4.74 Å². The smallest absolute Gasteiger partial charge is 0.306 e. The zero-order valence-corrected chi connectivity index (χ0v) is 8.81. The first-order valence-corrected chi connectivity index (χ1v) is 4.51. The molecular weight excluding hydrogens is 152 g/mol. The Bertz CT molecular complexity index is 142. The van der Waals surface area contributed by atoms with Gasteiger partial charge in [-0.3, -0.25) is 4.79 Å². The minimum atomic E-state index is -0.0834. The van der Waals surface area contributed by atoms with Crippen LogP contribution in [0.2, 0.25) is 0 Å². The number of ether oxygens (including phenoxy) is 1. The number of hydrogen-bond acceptors (Lipinski definition) is 2. The summed E-state index contributed by atoms with van der Waals surface area (Å²) in [7, 11) is 0. The monoisotopic (exact) mass is 172 g/mol. The molecule has 0 aromatic rings. The highest BCUT2D eigenvalue weighted by molar-refractivity contribution is 5.69. The SMILES string of the molecule is CC(C)OC(=O)CCC(C)(C)C. The third-order valence-corrected chi connectivity index (χ3v) is 1.45. The number of rotatable bonds is 3. The number of esters is 1. The normalized spacial score (nSPS) is 11.8. The second-order valence-corrected chi connectivity index (χ2v) is 4.60. The lowest BCUT2D eigenvalue weighted by atomic mass is 9.91. The molecule has 0 heterocycles. The van der Waals surface area contributed by atoms with E-state index in [1.807, 2.05) is 13.8 Å². The predicted molar refractivity (Wildman–Crippen MR) is 49.9 cm³/mol. The van der Waals surface area contributed by atoms with E-state index in [0.717, 1.165) is 6.42 Å². The van der Waals surface area contributed by atoms with Crippen LogP contribution >= 0.6 is 0 Å². The van der Waals surface area contributed by atoms with Crippen molar-refractivity contribution in [3.8, 4) is 0 Å². The highest BCUT2D eigenvalue weighted by atomic mass is 16.5. The van der Waals surface area contributed by atoms with Gasteiger partial charge in [0.1, 0.15) is 0 Å². The van der Waals surface area contributed by atoms with Crippen LogP contribution in [0.5, 0.6) is 0 Å². The Kier molecular flexibility index (Phi) is 4.29. The van der Waals surface area contributed by atoms with Gasteiger partial charge < -0.3 is 4.74 Å². The number of hydrogen-bond donors (Lipinski definition) is 0. The molecule has 0 fully saturated rings. The summed E-state index contributed by atoms with van der Waals surface area (Å²) in [6.45, 7) is 10.1. The van der Waals surface area contributed by atoms with Gasteiger partial charge in [-0.2, -0.15) is 0 Å². The average molecular weight is 172 g/mol. The van der Waals surface area contributed by atoms with E-state index in [2.05, 4.69) is 20.8 Å². The summed E-state index contributed by atoms with van der Waals surface area (Å²) in [5.74, 6) is -0.0834. The maximum atomic E-state index is 11.1. The highest BCUT2D eigenvalue weighted by Crippen LogP contribution is 2.20. The summed E-state index contributed by atoms with van der Waals surface area (Å²) in [5.41, 5.74) is 0.218. The minimum Gasteiger partial charge on any atom is -0.463 e. The van der Waals surface area contributed by atoms with Gasteiger partial charge in [-0.1, -0.05) is 20.8 Å². The Morgan fingerprint density at radius 2 is 1.83 bits per heavy atom. The van der Waals surface area contributed by atoms with E-state index in [1.54, 1.807) is 0 Å². The van der Waals surface area contributed by atoms with Crippen molar-refractivity contribution < 1.29 is 9.53 Å². The van der Waals surface area contributed by atoms with Crippen molar-refractivity contribution in [2.24, 2.45) is 5.41 Å². The molecule has 0 amide bonds. The van der Waals surface area contributed by atoms with Gasteiger partial charge in [0.2, 0.25) is 0 Å². The van der Waals surface area contributed by atoms with Crippen molar-refractivity contribution in [1.82, 2.24) is 0 Å². The first-order valence-electron chi connectivity index (χ1n) is 4.51. The van der Waals surface area contributed by atoms with Gasteiger partial charge in [0.15, 0.2) is 0 Å². The third-order valence-electron chi connectivity index (χ3n) is 1.45. The molecule has 0 radical (unpaired) electrons. The second-order valence-electron chi connectivity index (χ2n) is 4.60. The summed E-state index contributed by atoms with van der Waals surface area (Å²) >= 11 is 0. The molecule has 0 saturated carbocycles. The van der Waals surface area contributed by atoms with Gasteiger partial charge in [-0.05, 0) is 25.7 Å². The van der Waals surface area contributed by atoms with Crippen molar-refractivity contribution in [1.29, 1.82) is 0 Å². The predicted octanol–water partition coefficient (Wildman–Crippen LogP) is 2.76. The van der Waals surface area contributed by atoms with Gasteiger partial charge in [0.25, 0.3) is 0 Å². The average Bonchev–Trinajstić information content (AvgIpc) is 1.80. The molecule has 0 atom stereocenters. The van der Waals surface area contributed by atoms with Crippen molar-refractivity contribution in [2.75, 3.05) is 0 Å². The Morgan fingerprint density at radius 3 is 2.17 bits per heavy atom. The molecule has 0 bridgehead atoms. The van der Waals surface area contributed by atoms with Gasteiger partial charge >= 0.3 is 5.97 Å². The molecule has 0 unspecified atom stereocenters. The molecule has 2 heteroatoms. The molecule has 0 aliphatic rings. The minimum absolute atomic E-state index is 0.0115. The highest BCUT2D eigenvalue weighted by Gasteiger charge is 2.13. The quantitative estimate of drug-likeness (QED) is 0.612. The molecule has 12 heavy (non-hydrogen) atoms. The van der Waals surface area contributed by atoms with Crippen molar-refractivity contribution in [3.05, 3.63) is 0 Å². The zero-order valence-electron chi connectivity index (χ0n) is 8.81.